The molecule has 0 aromatic carbocycles. The average molecular weight is 807 g/mol. The molecular weight excluding hydrogens is 743 g/mol. The van der Waals surface area contributed by atoms with Gasteiger partial charge in [0.05, 0.1) is 0 Å². The van der Waals surface area contributed by atoms with Gasteiger partial charge in [-0.3, -0.25) is 0 Å². The first-order valence-corrected chi connectivity index (χ1v) is 22.0. The van der Waals surface area contributed by atoms with Gasteiger partial charge in [-0.05, 0) is 0 Å². The van der Waals surface area contributed by atoms with Crippen LogP contribution < -0.4 is 0 Å². The van der Waals surface area contributed by atoms with Crippen LogP contribution in [0.15, 0.2) is 0 Å². The van der Waals surface area contributed by atoms with Gasteiger partial charge in [-0.15, -0.1) is 12.4 Å². The van der Waals surface area contributed by atoms with E-state index in [-0.39, 0.29) is 32.2 Å². The second-order valence-electron chi connectivity index (χ2n) is 11.2. The van der Waals surface area contributed by atoms with Crippen LogP contribution in [0.4, 0.5) is 0 Å². The Morgan fingerprint density at radius 2 is 0.702 bits per heavy atom. The number of esters is 3. The molecule has 0 bridgehead atoms. The zero-order valence-corrected chi connectivity index (χ0v) is 34.0. The maximum absolute atomic E-state index is 13.3. The maximum atomic E-state index is 13.3. The fourth-order valence-electron chi connectivity index (χ4n) is 4.30. The number of hydrogen-bond donors (Lipinski definition) is 0. The summed E-state index contributed by atoms with van der Waals surface area (Å²) in [4.78, 5) is 39.9. The van der Waals surface area contributed by atoms with E-state index in [0.717, 1.165) is 38.5 Å². The van der Waals surface area contributed by atoms with E-state index < -0.39 is 68.3 Å². The van der Waals surface area contributed by atoms with Gasteiger partial charge in [0, 0.05) is 0 Å². The van der Waals surface area contributed by atoms with Crippen LogP contribution in [0.1, 0.15) is 101 Å². The van der Waals surface area contributed by atoms with Gasteiger partial charge in [-0.1, -0.05) is 0 Å². The van der Waals surface area contributed by atoms with Gasteiger partial charge >= 0.3 is 286 Å². The molecule has 0 aliphatic heterocycles. The van der Waals surface area contributed by atoms with Crippen molar-refractivity contribution in [2.75, 3.05) is 59.5 Å². The zero-order chi connectivity index (χ0) is 34.7. The second kappa shape index (κ2) is 31.3. The predicted octanol–water partition coefficient (Wildman–Crippen LogP) is 6.24. The Hall–Kier alpha value is -0.741. The minimum Gasteiger partial charge on any atom is -0.147 e. The third-order valence-electron chi connectivity index (χ3n) is 7.07. The topological polar surface area (TPSA) is 134 Å². The van der Waals surface area contributed by atoms with Crippen molar-refractivity contribution >= 4 is 50.1 Å². The third-order valence-corrected chi connectivity index (χ3v) is 17.7. The molecule has 0 saturated heterocycles. The Kier molecular flexibility index (Phi) is 32.2. The summed E-state index contributed by atoms with van der Waals surface area (Å²) < 4.78 is 47.9. The Morgan fingerprint density at radius 3 is 0.936 bits per heavy atom. The smallest absolute Gasteiger partial charge is 0.147 e. The van der Waals surface area contributed by atoms with Crippen molar-refractivity contribution in [1.29, 1.82) is 0 Å². The average Bonchev–Trinajstić information content (AvgIpc) is 3.01. The predicted molar refractivity (Wildman–Crippen MR) is 183 cm³/mol. The zero-order valence-electron chi connectivity index (χ0n) is 30.4. The van der Waals surface area contributed by atoms with Crippen LogP contribution in [0.2, 0.25) is 11.8 Å². The molecule has 1 radical (unpaired) electrons. The van der Waals surface area contributed by atoms with Crippen molar-refractivity contribution in [3.05, 3.63) is 0 Å². The quantitative estimate of drug-likeness (QED) is 0.0268. The molecule has 0 N–H and O–H groups in total. The Morgan fingerprint density at radius 1 is 0.447 bits per heavy atom. The molecule has 0 rings (SSSR count). The van der Waals surface area contributed by atoms with E-state index in [9.17, 15) is 14.4 Å². The molecule has 0 amide bonds. The number of rotatable bonds is 30. The molecular formula is C33H64ClO12Sn. The van der Waals surface area contributed by atoms with Crippen molar-refractivity contribution in [1.82, 2.24) is 0 Å². The van der Waals surface area contributed by atoms with Crippen LogP contribution in [-0.4, -0.2) is 116 Å². The van der Waals surface area contributed by atoms with Crippen LogP contribution in [0.3, 0.4) is 0 Å². The van der Waals surface area contributed by atoms with Crippen LogP contribution >= 0.6 is 12.4 Å². The Labute approximate surface area is 297 Å². The first-order chi connectivity index (χ1) is 22.0. The normalized spacial score (nSPS) is 15.2. The van der Waals surface area contributed by atoms with E-state index in [0.29, 0.717) is 39.6 Å². The fourth-order valence-corrected chi connectivity index (χ4v) is 13.6. The summed E-state index contributed by atoms with van der Waals surface area (Å²) in [7, 11) is 0. The number of carbonyl (C=O) groups excluding carboxylic acids is 3. The molecule has 14 heteroatoms. The van der Waals surface area contributed by atoms with E-state index in [1.807, 2.05) is 0 Å². The van der Waals surface area contributed by atoms with E-state index in [1.165, 1.54) is 0 Å². The van der Waals surface area contributed by atoms with Crippen LogP contribution in [0, 0.1) is 0 Å². The molecule has 0 aromatic rings. The first-order valence-electron chi connectivity index (χ1n) is 17.1. The fraction of sp³-hybridized carbons (Fsp3) is 0.909. The molecule has 0 aliphatic carbocycles. The van der Waals surface area contributed by atoms with Crippen LogP contribution in [0.5, 0.6) is 0 Å². The van der Waals surface area contributed by atoms with Crippen molar-refractivity contribution < 1.29 is 57.0 Å². The second-order valence-corrected chi connectivity index (χ2v) is 21.5. The minimum atomic E-state index is -3.44. The molecule has 0 spiro atoms. The van der Waals surface area contributed by atoms with Gasteiger partial charge in [0.15, 0.2) is 0 Å². The number of unbranched alkanes of at least 4 members (excludes halogenated alkanes) is 3. The van der Waals surface area contributed by atoms with Gasteiger partial charge in [-0.25, -0.2) is 0 Å². The summed E-state index contributed by atoms with van der Waals surface area (Å²) in [6.07, 6.45) is 3.56. The van der Waals surface area contributed by atoms with Crippen molar-refractivity contribution in [3.63, 3.8) is 0 Å². The summed E-state index contributed by atoms with van der Waals surface area (Å²) in [5, 5.41) is 0. The minimum absolute atomic E-state index is 0. The molecule has 6 unspecified atom stereocenters. The van der Waals surface area contributed by atoms with E-state index >= 15 is 0 Å². The van der Waals surface area contributed by atoms with Gasteiger partial charge < -0.3 is 0 Å². The van der Waals surface area contributed by atoms with Gasteiger partial charge in [0.25, 0.3) is 0 Å². The molecule has 0 saturated carbocycles. The summed E-state index contributed by atoms with van der Waals surface area (Å²) in [6.45, 7) is 20.2. The van der Waals surface area contributed by atoms with Crippen LogP contribution in [0.25, 0.3) is 0 Å². The number of hydrogen-bond acceptors (Lipinski definition) is 12. The Balaban J connectivity index is 0. The van der Waals surface area contributed by atoms with E-state index in [4.69, 9.17) is 42.6 Å². The monoisotopic (exact) mass is 807 g/mol. The Bertz CT molecular complexity index is 693. The van der Waals surface area contributed by atoms with Gasteiger partial charge in [0.2, 0.25) is 0 Å². The summed E-state index contributed by atoms with van der Waals surface area (Å²) in [5.41, 5.74) is 0. The number of halogens is 1. The number of carbonyl (C=O) groups is 3. The van der Waals surface area contributed by atoms with Gasteiger partial charge in [0.1, 0.15) is 0 Å². The standard InChI is InChI=1S/3C11H21O4.ClH.Sn/c3*1-4-6-7-13-8-9-14-10(3)15-11(12)5-2;;/h3*5,10H,4,6-9H2,1-3H3;1H;. The third kappa shape index (κ3) is 24.1. The van der Waals surface area contributed by atoms with E-state index in [1.54, 1.807) is 41.5 Å². The number of ether oxygens (including phenoxy) is 9. The van der Waals surface area contributed by atoms with Crippen molar-refractivity contribution in [2.45, 2.75) is 132 Å². The molecule has 0 aromatic heterocycles. The molecule has 12 nitrogen and oxygen atoms in total. The van der Waals surface area contributed by atoms with Gasteiger partial charge in [-0.2, -0.15) is 0 Å². The van der Waals surface area contributed by atoms with Crippen molar-refractivity contribution in [2.24, 2.45) is 0 Å². The molecule has 279 valence electrons. The summed E-state index contributed by atoms with van der Waals surface area (Å²) >= 11 is -3.44. The molecule has 6 atom stereocenters. The van der Waals surface area contributed by atoms with Crippen molar-refractivity contribution in [3.8, 4) is 0 Å². The molecule has 47 heavy (non-hydrogen) atoms. The molecule has 0 aliphatic rings. The SMILES string of the molecule is CCCCOCCOC(C)OC(=O)[CH](C)[Sn]([CH](C)C(=O)OC(C)OCCOCCCC)[CH](C)C(=O)OC(C)OCCOCCCC.Cl. The summed E-state index contributed by atoms with van der Waals surface area (Å²) in [6, 6.07) is 0. The molecule has 0 fully saturated rings. The summed E-state index contributed by atoms with van der Waals surface area (Å²) in [5.74, 6) is -1.60. The van der Waals surface area contributed by atoms with E-state index in [2.05, 4.69) is 20.8 Å². The molecule has 0 heterocycles. The van der Waals surface area contributed by atoms with Crippen LogP contribution in [-0.2, 0) is 57.0 Å². The first kappa shape index (κ1) is 48.4.